The van der Waals surface area contributed by atoms with Crippen LogP contribution in [-0.2, 0) is 20.1 Å². The first-order chi connectivity index (χ1) is 11.9. The van der Waals surface area contributed by atoms with Crippen LogP contribution in [0.2, 0.25) is 0 Å². The molecule has 1 aromatic carbocycles. The van der Waals surface area contributed by atoms with E-state index in [0.717, 1.165) is 11.5 Å². The van der Waals surface area contributed by atoms with Gasteiger partial charge in [0, 0.05) is 34.1 Å². The number of hydrogen-bond acceptors (Lipinski definition) is 5. The first-order valence-corrected chi connectivity index (χ1v) is 9.70. The van der Waals surface area contributed by atoms with E-state index >= 15 is 0 Å². The summed E-state index contributed by atoms with van der Waals surface area (Å²) in [5, 5.41) is 14.1. The highest BCUT2D eigenvalue weighted by Gasteiger charge is 2.08. The predicted octanol–water partition coefficient (Wildman–Crippen LogP) is 2.49. The van der Waals surface area contributed by atoms with Crippen LogP contribution in [0.3, 0.4) is 0 Å². The molecule has 1 aromatic rings. The molecule has 3 N–H and O–H groups in total. The Bertz CT molecular complexity index is 562. The van der Waals surface area contributed by atoms with E-state index in [4.69, 9.17) is 14.7 Å². The second-order valence-electron chi connectivity index (χ2n) is 5.00. The standard InChI is InChI=1S/C15H21IN2O3S.CO2/c1-11(2-7-14(19)20)18-15(21)17-8-9-22-10-12-3-5-13(16)6-4-12;2-1-3/h3-6,11H,2,7-10H2,1H3,(H,19,20)(H2,17,18,21);/t11-;/m1./s1. The average Bonchev–Trinajstić information content (AvgIpc) is 2.55. The van der Waals surface area contributed by atoms with Gasteiger partial charge in [0.1, 0.15) is 0 Å². The molecule has 138 valence electrons. The van der Waals surface area contributed by atoms with Gasteiger partial charge >= 0.3 is 18.2 Å². The van der Waals surface area contributed by atoms with Crippen molar-refractivity contribution in [1.29, 1.82) is 0 Å². The smallest absolute Gasteiger partial charge is 0.373 e. The van der Waals surface area contributed by atoms with Gasteiger partial charge < -0.3 is 15.7 Å². The van der Waals surface area contributed by atoms with Gasteiger partial charge in [-0.05, 0) is 53.6 Å². The number of halogens is 1. The fourth-order valence-corrected chi connectivity index (χ4v) is 2.87. The molecule has 0 radical (unpaired) electrons. The van der Waals surface area contributed by atoms with Crippen molar-refractivity contribution in [3.63, 3.8) is 0 Å². The van der Waals surface area contributed by atoms with Crippen LogP contribution in [0.5, 0.6) is 0 Å². The monoisotopic (exact) mass is 480 g/mol. The number of hydrogen-bond donors (Lipinski definition) is 3. The van der Waals surface area contributed by atoms with Crippen LogP contribution in [0.25, 0.3) is 0 Å². The van der Waals surface area contributed by atoms with Gasteiger partial charge in [0.25, 0.3) is 0 Å². The zero-order chi connectivity index (χ0) is 19.1. The zero-order valence-corrected chi connectivity index (χ0v) is 16.8. The van der Waals surface area contributed by atoms with Crippen molar-refractivity contribution in [3.8, 4) is 0 Å². The van der Waals surface area contributed by atoms with Crippen molar-refractivity contribution >= 4 is 52.5 Å². The number of urea groups is 1. The molecule has 0 bridgehead atoms. The van der Waals surface area contributed by atoms with Gasteiger partial charge in [-0.15, -0.1) is 0 Å². The highest BCUT2D eigenvalue weighted by Crippen LogP contribution is 2.13. The molecule has 0 saturated carbocycles. The summed E-state index contributed by atoms with van der Waals surface area (Å²) in [6, 6.07) is 8.00. The largest absolute Gasteiger partial charge is 0.481 e. The van der Waals surface area contributed by atoms with E-state index in [9.17, 15) is 9.59 Å². The Kier molecular flexibility index (Phi) is 13.8. The number of benzene rings is 1. The number of carboxylic acids is 1. The Labute approximate surface area is 164 Å². The van der Waals surface area contributed by atoms with Gasteiger partial charge in [0.2, 0.25) is 0 Å². The van der Waals surface area contributed by atoms with Crippen molar-refractivity contribution < 1.29 is 24.3 Å². The summed E-state index contributed by atoms with van der Waals surface area (Å²) >= 11 is 4.04. The van der Waals surface area contributed by atoms with E-state index in [1.54, 1.807) is 18.7 Å². The SMILES string of the molecule is C[C@H](CCC(=O)O)NC(=O)NCCSCc1ccc(I)cc1.O=C=O. The topological polar surface area (TPSA) is 113 Å². The van der Waals surface area contributed by atoms with Crippen LogP contribution in [-0.4, -0.2) is 41.6 Å². The Balaban J connectivity index is 0.00000178. The summed E-state index contributed by atoms with van der Waals surface area (Å²) in [6.45, 7) is 2.39. The third-order valence-electron chi connectivity index (χ3n) is 2.88. The maximum absolute atomic E-state index is 11.6. The predicted molar refractivity (Wildman–Crippen MR) is 103 cm³/mol. The normalized spacial score (nSPS) is 10.6. The van der Waals surface area contributed by atoms with Gasteiger partial charge in [-0.1, -0.05) is 12.1 Å². The average molecular weight is 480 g/mol. The molecular weight excluding hydrogens is 459 g/mol. The lowest BCUT2D eigenvalue weighted by Gasteiger charge is -2.13. The first kappa shape index (κ1) is 23.4. The number of thioether (sulfide) groups is 1. The van der Waals surface area contributed by atoms with Gasteiger partial charge in [0.15, 0.2) is 0 Å². The second kappa shape index (κ2) is 14.7. The third kappa shape index (κ3) is 14.5. The molecule has 0 unspecified atom stereocenters. The maximum Gasteiger partial charge on any atom is 0.373 e. The highest BCUT2D eigenvalue weighted by molar-refractivity contribution is 14.1. The zero-order valence-electron chi connectivity index (χ0n) is 13.8. The van der Waals surface area contributed by atoms with Gasteiger partial charge in [0.05, 0.1) is 0 Å². The summed E-state index contributed by atoms with van der Waals surface area (Å²) in [5.41, 5.74) is 1.28. The Morgan fingerprint density at radius 3 is 2.44 bits per heavy atom. The van der Waals surface area contributed by atoms with Gasteiger partial charge in [-0.2, -0.15) is 21.4 Å². The molecule has 0 aliphatic rings. The van der Waals surface area contributed by atoms with Crippen LogP contribution >= 0.6 is 34.4 Å². The molecule has 0 heterocycles. The fraction of sp³-hybridized carbons (Fsp3) is 0.438. The number of rotatable bonds is 9. The van der Waals surface area contributed by atoms with Crippen LogP contribution in [0, 0.1) is 3.57 Å². The van der Waals surface area contributed by atoms with Crippen LogP contribution in [0.4, 0.5) is 4.79 Å². The molecule has 7 nitrogen and oxygen atoms in total. The summed E-state index contributed by atoms with van der Waals surface area (Å²) in [5.74, 6) is 0.916. The summed E-state index contributed by atoms with van der Waals surface area (Å²) in [6.07, 6.45) is 0.748. The fourth-order valence-electron chi connectivity index (χ4n) is 1.69. The van der Waals surface area contributed by atoms with Crippen molar-refractivity contribution in [3.05, 3.63) is 33.4 Å². The van der Waals surface area contributed by atoms with E-state index in [2.05, 4.69) is 57.5 Å². The molecule has 0 saturated heterocycles. The number of amides is 2. The number of carbonyl (C=O) groups excluding carboxylic acids is 3. The number of carbonyl (C=O) groups is 2. The molecule has 9 heteroatoms. The second-order valence-corrected chi connectivity index (χ2v) is 7.35. The van der Waals surface area contributed by atoms with E-state index in [1.165, 1.54) is 9.13 Å². The van der Waals surface area contributed by atoms with E-state index in [0.29, 0.717) is 13.0 Å². The minimum atomic E-state index is -0.846. The van der Waals surface area contributed by atoms with Crippen LogP contribution in [0.15, 0.2) is 24.3 Å². The molecule has 0 spiro atoms. The van der Waals surface area contributed by atoms with Crippen molar-refractivity contribution in [2.45, 2.75) is 31.6 Å². The summed E-state index contributed by atoms with van der Waals surface area (Å²) < 4.78 is 1.22. The number of aliphatic carboxylic acids is 1. The quantitative estimate of drug-likeness (QED) is 0.370. The van der Waals surface area contributed by atoms with Gasteiger partial charge in [-0.25, -0.2) is 4.79 Å². The molecule has 0 fully saturated rings. The van der Waals surface area contributed by atoms with Crippen molar-refractivity contribution in [2.75, 3.05) is 12.3 Å². The molecule has 0 aliphatic heterocycles. The molecule has 0 aliphatic carbocycles. The number of carboxylic acid groups (broad SMARTS) is 1. The lowest BCUT2D eigenvalue weighted by atomic mass is 10.2. The van der Waals surface area contributed by atoms with Crippen LogP contribution < -0.4 is 10.6 Å². The Morgan fingerprint density at radius 1 is 1.28 bits per heavy atom. The molecule has 0 aromatic heterocycles. The van der Waals surface area contributed by atoms with Crippen molar-refractivity contribution in [1.82, 2.24) is 10.6 Å². The lowest BCUT2D eigenvalue weighted by Crippen LogP contribution is -2.41. The number of nitrogens with one attached hydrogen (secondary N) is 2. The highest BCUT2D eigenvalue weighted by atomic mass is 127. The molecular formula is C16H21IN2O5S. The van der Waals surface area contributed by atoms with Crippen LogP contribution in [0.1, 0.15) is 25.3 Å². The van der Waals surface area contributed by atoms with E-state index in [-0.39, 0.29) is 24.6 Å². The van der Waals surface area contributed by atoms with E-state index < -0.39 is 5.97 Å². The minimum absolute atomic E-state index is 0.0628. The minimum Gasteiger partial charge on any atom is -0.481 e. The molecule has 1 rings (SSSR count). The molecule has 2 amide bonds. The van der Waals surface area contributed by atoms with E-state index in [1.807, 2.05) is 0 Å². The lowest BCUT2D eigenvalue weighted by molar-refractivity contribution is -0.191. The molecule has 25 heavy (non-hydrogen) atoms. The maximum atomic E-state index is 11.6. The van der Waals surface area contributed by atoms with Gasteiger partial charge in [-0.3, -0.25) is 4.79 Å². The molecule has 1 atom stereocenters. The summed E-state index contributed by atoms with van der Waals surface area (Å²) in [4.78, 5) is 38.3. The first-order valence-electron chi connectivity index (χ1n) is 7.46. The Hall–Kier alpha value is -1.58. The van der Waals surface area contributed by atoms with Crippen molar-refractivity contribution in [2.24, 2.45) is 0 Å². The summed E-state index contributed by atoms with van der Waals surface area (Å²) in [7, 11) is 0. The third-order valence-corrected chi connectivity index (χ3v) is 4.63. The Morgan fingerprint density at radius 2 is 1.88 bits per heavy atom.